The van der Waals surface area contributed by atoms with Crippen LogP contribution in [0.15, 0.2) is 73.2 Å². The Hall–Kier alpha value is -3.51. The first-order valence-electron chi connectivity index (χ1n) is 12.5. The van der Waals surface area contributed by atoms with Gasteiger partial charge >= 0.3 is 0 Å². The van der Waals surface area contributed by atoms with Crippen LogP contribution < -0.4 is 5.32 Å². The molecule has 4 aromatic rings. The third-order valence-corrected chi connectivity index (χ3v) is 7.57. The van der Waals surface area contributed by atoms with Crippen LogP contribution in [-0.2, 0) is 6.54 Å². The van der Waals surface area contributed by atoms with Crippen LogP contribution in [-0.4, -0.2) is 45.2 Å². The van der Waals surface area contributed by atoms with E-state index in [0.29, 0.717) is 5.69 Å². The number of carbonyl (C=O) groups excluding carboxylic acids is 1. The number of benzene rings is 2. The summed E-state index contributed by atoms with van der Waals surface area (Å²) in [4.78, 5) is 20.6. The number of hydrogen-bond donors (Lipinski definition) is 1. The Bertz CT molecular complexity index is 1330. The first-order valence-corrected chi connectivity index (χ1v) is 12.5. The molecule has 0 spiro atoms. The Morgan fingerprint density at radius 1 is 1.09 bits per heavy atom. The zero-order valence-corrected chi connectivity index (χ0v) is 20.7. The van der Waals surface area contributed by atoms with Crippen molar-refractivity contribution < 1.29 is 4.79 Å². The summed E-state index contributed by atoms with van der Waals surface area (Å²) in [5, 5.41) is 9.78. The van der Waals surface area contributed by atoms with E-state index in [2.05, 4.69) is 71.8 Å². The fourth-order valence-electron chi connectivity index (χ4n) is 5.59. The number of aryl methyl sites for hydroxylation is 1. The van der Waals surface area contributed by atoms with Gasteiger partial charge in [0.05, 0.1) is 12.2 Å². The lowest BCUT2D eigenvalue weighted by atomic mass is 9.81. The van der Waals surface area contributed by atoms with E-state index in [0.717, 1.165) is 59.7 Å². The van der Waals surface area contributed by atoms with Gasteiger partial charge in [-0.25, -0.2) is 0 Å². The topological polar surface area (TPSA) is 63.1 Å². The van der Waals surface area contributed by atoms with Gasteiger partial charge in [0.1, 0.15) is 5.69 Å². The molecule has 0 radical (unpaired) electrons. The Labute approximate surface area is 207 Å². The molecule has 180 valence electrons. The molecule has 1 aliphatic rings. The van der Waals surface area contributed by atoms with Crippen molar-refractivity contribution in [2.75, 3.05) is 14.1 Å². The highest BCUT2D eigenvalue weighted by molar-refractivity contribution is 6.05. The molecule has 6 heteroatoms. The summed E-state index contributed by atoms with van der Waals surface area (Å²) in [7, 11) is 4.27. The number of amides is 1. The second-order valence-electron chi connectivity index (χ2n) is 9.70. The van der Waals surface area contributed by atoms with Crippen molar-refractivity contribution in [3.63, 3.8) is 0 Å². The highest BCUT2D eigenvalue weighted by Crippen LogP contribution is 2.44. The molecule has 2 heterocycles. The van der Waals surface area contributed by atoms with Gasteiger partial charge in [-0.1, -0.05) is 55.3 Å². The lowest BCUT2D eigenvalue weighted by molar-refractivity contribution is 0.0764. The summed E-state index contributed by atoms with van der Waals surface area (Å²) in [6, 6.07) is 18.2. The number of nitrogens with one attached hydrogen (secondary N) is 1. The van der Waals surface area contributed by atoms with Crippen LogP contribution in [0.3, 0.4) is 0 Å². The van der Waals surface area contributed by atoms with E-state index < -0.39 is 0 Å². The average Bonchev–Trinajstić information content (AvgIpc) is 3.58. The van der Waals surface area contributed by atoms with Gasteiger partial charge in [0.25, 0.3) is 5.91 Å². The largest absolute Gasteiger partial charge is 0.342 e. The Morgan fingerprint density at radius 3 is 2.63 bits per heavy atom. The molecule has 2 aromatic heterocycles. The molecule has 1 N–H and O–H groups in total. The first-order chi connectivity index (χ1) is 17.0. The molecule has 0 bridgehead atoms. The number of rotatable bonds is 7. The predicted octanol–water partition coefficient (Wildman–Crippen LogP) is 5.46. The molecule has 2 aromatic carbocycles. The van der Waals surface area contributed by atoms with Crippen LogP contribution in [0, 0.1) is 0 Å². The summed E-state index contributed by atoms with van der Waals surface area (Å²) < 4.78 is 1.94. The van der Waals surface area contributed by atoms with Crippen molar-refractivity contribution in [2.24, 2.45) is 0 Å². The minimum atomic E-state index is -0.172. The van der Waals surface area contributed by atoms with Gasteiger partial charge in [-0.2, -0.15) is 5.10 Å². The van der Waals surface area contributed by atoms with Gasteiger partial charge in [0.15, 0.2) is 0 Å². The Balaban J connectivity index is 1.57. The first kappa shape index (κ1) is 23.2. The third-order valence-electron chi connectivity index (χ3n) is 7.57. The highest BCUT2D eigenvalue weighted by atomic mass is 16.2. The van der Waals surface area contributed by atoms with Crippen LogP contribution in [0.1, 0.15) is 54.7 Å². The smallest absolute Gasteiger partial charge is 0.271 e. The maximum absolute atomic E-state index is 13.8. The van der Waals surface area contributed by atoms with Gasteiger partial charge in [0.2, 0.25) is 0 Å². The van der Waals surface area contributed by atoms with Crippen molar-refractivity contribution in [1.82, 2.24) is 25.0 Å². The zero-order chi connectivity index (χ0) is 24.4. The maximum atomic E-state index is 13.8. The van der Waals surface area contributed by atoms with Crippen LogP contribution in [0.4, 0.5) is 0 Å². The second kappa shape index (κ2) is 9.62. The Kier molecular flexibility index (Phi) is 6.39. The third kappa shape index (κ3) is 4.34. The summed E-state index contributed by atoms with van der Waals surface area (Å²) in [6.45, 7) is 2.92. The number of hydrogen-bond acceptors (Lipinski definition) is 4. The van der Waals surface area contributed by atoms with Crippen molar-refractivity contribution in [1.29, 1.82) is 0 Å². The minimum absolute atomic E-state index is 0.135. The monoisotopic (exact) mass is 467 g/mol. The molecule has 1 amide bonds. The molecule has 1 unspecified atom stereocenters. The van der Waals surface area contributed by atoms with E-state index in [-0.39, 0.29) is 17.5 Å². The van der Waals surface area contributed by atoms with E-state index >= 15 is 0 Å². The second-order valence-corrected chi connectivity index (χ2v) is 9.70. The van der Waals surface area contributed by atoms with Gasteiger partial charge < -0.3 is 10.2 Å². The van der Waals surface area contributed by atoms with Crippen LogP contribution in [0.2, 0.25) is 0 Å². The standard InChI is InChI=1S/C29H33N5O/c1-4-34-20-24(19-31-34)22-11-9-12-23(18-22)27(29(33(2)3)15-7-8-16-29)32-28(35)26-25-13-6-5-10-21(25)14-17-30-26/h5-6,9-14,17-20,27H,4,7-8,15-16H2,1-3H3,(H,32,35). The van der Waals surface area contributed by atoms with Crippen molar-refractivity contribution in [3.8, 4) is 11.1 Å². The van der Waals surface area contributed by atoms with Crippen LogP contribution in [0.5, 0.6) is 0 Å². The fourth-order valence-corrected chi connectivity index (χ4v) is 5.59. The van der Waals surface area contributed by atoms with Crippen molar-refractivity contribution >= 4 is 16.7 Å². The SMILES string of the molecule is CCn1cc(-c2cccc(C(NC(=O)c3nccc4ccccc34)C3(N(C)C)CCCC3)c2)cn1. The molecule has 5 rings (SSSR count). The summed E-state index contributed by atoms with van der Waals surface area (Å²) >= 11 is 0. The van der Waals surface area contributed by atoms with Gasteiger partial charge in [-0.3, -0.25) is 14.5 Å². The number of nitrogens with zero attached hydrogens (tertiary/aromatic N) is 4. The molecular weight excluding hydrogens is 434 g/mol. The summed E-state index contributed by atoms with van der Waals surface area (Å²) in [5.41, 5.74) is 3.61. The number of likely N-dealkylation sites (N-methyl/N-ethyl adjacent to an activating group) is 1. The Morgan fingerprint density at radius 2 is 1.89 bits per heavy atom. The van der Waals surface area contributed by atoms with Gasteiger partial charge in [-0.15, -0.1) is 0 Å². The van der Waals surface area contributed by atoms with Crippen molar-refractivity contribution in [3.05, 3.63) is 84.4 Å². The number of pyridine rings is 1. The quantitative estimate of drug-likeness (QED) is 0.392. The number of carbonyl (C=O) groups is 1. The van der Waals surface area contributed by atoms with E-state index in [1.807, 2.05) is 41.2 Å². The van der Waals surface area contributed by atoms with E-state index in [4.69, 9.17) is 0 Å². The normalized spacial score (nSPS) is 16.0. The number of fused-ring (bicyclic) bond motifs is 1. The summed E-state index contributed by atoms with van der Waals surface area (Å²) in [5.74, 6) is -0.135. The molecule has 0 aliphatic heterocycles. The average molecular weight is 468 g/mol. The lowest BCUT2D eigenvalue weighted by Crippen LogP contribution is -2.53. The molecule has 1 aliphatic carbocycles. The minimum Gasteiger partial charge on any atom is -0.342 e. The van der Waals surface area contributed by atoms with E-state index in [1.165, 1.54) is 0 Å². The molecular formula is C29H33N5O. The number of aromatic nitrogens is 3. The zero-order valence-electron chi connectivity index (χ0n) is 20.7. The predicted molar refractivity (Wildman–Crippen MR) is 140 cm³/mol. The molecule has 6 nitrogen and oxygen atoms in total. The van der Waals surface area contributed by atoms with E-state index in [1.54, 1.807) is 6.20 Å². The molecule has 1 fully saturated rings. The van der Waals surface area contributed by atoms with E-state index in [9.17, 15) is 4.79 Å². The van der Waals surface area contributed by atoms with Crippen LogP contribution in [0.25, 0.3) is 21.9 Å². The molecule has 1 atom stereocenters. The summed E-state index contributed by atoms with van der Waals surface area (Å²) in [6.07, 6.45) is 10.1. The van der Waals surface area contributed by atoms with Gasteiger partial charge in [0, 0.05) is 35.4 Å². The highest BCUT2D eigenvalue weighted by Gasteiger charge is 2.45. The maximum Gasteiger partial charge on any atom is 0.271 e. The van der Waals surface area contributed by atoms with Crippen molar-refractivity contribution in [2.45, 2.75) is 50.7 Å². The molecule has 35 heavy (non-hydrogen) atoms. The van der Waals surface area contributed by atoms with Crippen LogP contribution >= 0.6 is 0 Å². The fraction of sp³-hybridized carbons (Fsp3) is 0.345. The molecule has 0 saturated heterocycles. The lowest BCUT2D eigenvalue weighted by Gasteiger charge is -2.44. The van der Waals surface area contributed by atoms with Gasteiger partial charge in [-0.05, 0) is 62.5 Å². The molecule has 1 saturated carbocycles.